The van der Waals surface area contributed by atoms with Gasteiger partial charge in [-0.2, -0.15) is 0 Å². The molecular formula is C39H42O6. The van der Waals surface area contributed by atoms with E-state index in [0.717, 1.165) is 29.5 Å². The number of rotatable bonds is 18. The summed E-state index contributed by atoms with van der Waals surface area (Å²) in [5.41, 5.74) is 3.91. The van der Waals surface area contributed by atoms with Gasteiger partial charge in [-0.05, 0) is 60.6 Å². The van der Waals surface area contributed by atoms with Gasteiger partial charge >= 0.3 is 5.97 Å². The third kappa shape index (κ3) is 11.1. The zero-order valence-corrected chi connectivity index (χ0v) is 26.2. The Hall–Kier alpha value is -4.68. The van der Waals surface area contributed by atoms with E-state index in [1.165, 1.54) is 0 Å². The number of benzene rings is 4. The lowest BCUT2D eigenvalue weighted by molar-refractivity contribution is -0.142. The lowest BCUT2D eigenvalue weighted by Crippen LogP contribution is -2.13. The van der Waals surface area contributed by atoms with Crippen LogP contribution in [0.1, 0.15) is 65.7 Å². The molecule has 6 heteroatoms. The lowest BCUT2D eigenvalue weighted by atomic mass is 9.98. The molecule has 0 aromatic heterocycles. The quantitative estimate of drug-likeness (QED) is 0.0643. The minimum absolute atomic E-state index is 0.0788. The number of hydrogen-bond acceptors (Lipinski definition) is 6. The highest BCUT2D eigenvalue weighted by atomic mass is 16.5. The van der Waals surface area contributed by atoms with Gasteiger partial charge in [-0.3, -0.25) is 9.59 Å². The molecule has 0 saturated carbocycles. The molecule has 1 atom stereocenters. The molecule has 0 heterocycles. The SMILES string of the molecule is CCOC(=O)Cc1cc(OCc2ccccc2)cc(OCc2ccccc2)c1C(=O)/C=C/CC[C@H](CC)OCc1ccccc1. The molecule has 234 valence electrons. The van der Waals surface area contributed by atoms with Crippen molar-refractivity contribution < 1.29 is 28.5 Å². The first kappa shape index (κ1) is 33.2. The maximum absolute atomic E-state index is 13.8. The van der Waals surface area contributed by atoms with Crippen LogP contribution in [0.4, 0.5) is 0 Å². The number of carbonyl (C=O) groups excluding carboxylic acids is 2. The van der Waals surface area contributed by atoms with Crippen molar-refractivity contribution in [1.29, 1.82) is 0 Å². The van der Waals surface area contributed by atoms with Crippen molar-refractivity contribution in [2.75, 3.05) is 6.61 Å². The van der Waals surface area contributed by atoms with Crippen LogP contribution < -0.4 is 9.47 Å². The van der Waals surface area contributed by atoms with Crippen molar-refractivity contribution >= 4 is 11.8 Å². The van der Waals surface area contributed by atoms with Crippen LogP contribution >= 0.6 is 0 Å². The summed E-state index contributed by atoms with van der Waals surface area (Å²) in [6.45, 7) is 5.24. The summed E-state index contributed by atoms with van der Waals surface area (Å²) in [6.07, 6.45) is 5.75. The summed E-state index contributed by atoms with van der Waals surface area (Å²) in [5.74, 6) is 0.190. The molecule has 6 nitrogen and oxygen atoms in total. The fraction of sp³-hybridized carbons (Fsp3) is 0.282. The average molecular weight is 607 g/mol. The van der Waals surface area contributed by atoms with Crippen molar-refractivity contribution in [2.45, 2.75) is 65.5 Å². The highest BCUT2D eigenvalue weighted by Gasteiger charge is 2.21. The minimum atomic E-state index is -0.425. The fourth-order valence-electron chi connectivity index (χ4n) is 4.85. The molecule has 0 amide bonds. The average Bonchev–Trinajstić information content (AvgIpc) is 3.07. The first-order valence-electron chi connectivity index (χ1n) is 15.6. The maximum atomic E-state index is 13.8. The maximum Gasteiger partial charge on any atom is 0.310 e. The Morgan fingerprint density at radius 1 is 0.733 bits per heavy atom. The highest BCUT2D eigenvalue weighted by molar-refractivity contribution is 6.08. The van der Waals surface area contributed by atoms with E-state index in [-0.39, 0.29) is 31.5 Å². The van der Waals surface area contributed by atoms with Crippen molar-refractivity contribution in [3.8, 4) is 11.5 Å². The van der Waals surface area contributed by atoms with E-state index in [9.17, 15) is 9.59 Å². The Morgan fingerprint density at radius 2 is 1.31 bits per heavy atom. The molecule has 0 aliphatic heterocycles. The van der Waals surface area contributed by atoms with Crippen LogP contribution in [-0.4, -0.2) is 24.5 Å². The van der Waals surface area contributed by atoms with Crippen LogP contribution in [0.25, 0.3) is 0 Å². The molecule has 45 heavy (non-hydrogen) atoms. The molecule has 4 rings (SSSR count). The Bertz CT molecular complexity index is 1500. The number of ketones is 1. The molecule has 4 aromatic rings. The monoisotopic (exact) mass is 606 g/mol. The summed E-state index contributed by atoms with van der Waals surface area (Å²) in [4.78, 5) is 26.4. The Kier molecular flexibility index (Phi) is 13.4. The summed E-state index contributed by atoms with van der Waals surface area (Å²) < 4.78 is 23.7. The van der Waals surface area contributed by atoms with Crippen molar-refractivity contribution in [2.24, 2.45) is 0 Å². The molecule has 0 radical (unpaired) electrons. The topological polar surface area (TPSA) is 71.1 Å². The first-order chi connectivity index (χ1) is 22.1. The molecule has 0 unspecified atom stereocenters. The van der Waals surface area contributed by atoms with Gasteiger partial charge in [0.2, 0.25) is 0 Å². The summed E-state index contributed by atoms with van der Waals surface area (Å²) in [7, 11) is 0. The van der Waals surface area contributed by atoms with Gasteiger partial charge in [0.25, 0.3) is 0 Å². The predicted molar refractivity (Wildman–Crippen MR) is 176 cm³/mol. The van der Waals surface area contributed by atoms with Gasteiger partial charge in [-0.1, -0.05) is 104 Å². The van der Waals surface area contributed by atoms with Crippen molar-refractivity contribution in [1.82, 2.24) is 0 Å². The van der Waals surface area contributed by atoms with Gasteiger partial charge in [-0.25, -0.2) is 0 Å². The molecule has 0 bridgehead atoms. The van der Waals surface area contributed by atoms with E-state index in [4.69, 9.17) is 18.9 Å². The summed E-state index contributed by atoms with van der Waals surface area (Å²) in [5, 5.41) is 0. The van der Waals surface area contributed by atoms with E-state index in [1.54, 1.807) is 25.1 Å². The van der Waals surface area contributed by atoms with Crippen LogP contribution in [-0.2, 0) is 40.5 Å². The van der Waals surface area contributed by atoms with Gasteiger partial charge < -0.3 is 18.9 Å². The molecule has 0 N–H and O–H groups in total. The summed E-state index contributed by atoms with van der Waals surface area (Å²) in [6, 6.07) is 33.1. The van der Waals surface area contributed by atoms with Gasteiger partial charge in [0.1, 0.15) is 24.7 Å². The third-order valence-electron chi connectivity index (χ3n) is 7.24. The first-order valence-corrected chi connectivity index (χ1v) is 15.6. The van der Waals surface area contributed by atoms with Crippen LogP contribution in [0.15, 0.2) is 115 Å². The predicted octanol–water partition coefficient (Wildman–Crippen LogP) is 8.46. The smallest absolute Gasteiger partial charge is 0.310 e. The molecule has 0 saturated heterocycles. The van der Waals surface area contributed by atoms with Crippen molar-refractivity contribution in [3.63, 3.8) is 0 Å². The van der Waals surface area contributed by atoms with Gasteiger partial charge in [0.05, 0.1) is 31.3 Å². The minimum Gasteiger partial charge on any atom is -0.489 e. The molecule has 4 aromatic carbocycles. The second-order valence-corrected chi connectivity index (χ2v) is 10.7. The number of esters is 1. The normalized spacial score (nSPS) is 11.7. The Labute approximate surface area is 266 Å². The van der Waals surface area contributed by atoms with E-state index < -0.39 is 5.97 Å². The Morgan fingerprint density at radius 3 is 1.89 bits per heavy atom. The van der Waals surface area contributed by atoms with Crippen molar-refractivity contribution in [3.05, 3.63) is 143 Å². The largest absolute Gasteiger partial charge is 0.489 e. The van der Waals surface area contributed by atoms with E-state index in [2.05, 4.69) is 19.1 Å². The van der Waals surface area contributed by atoms with Crippen LogP contribution in [0, 0.1) is 0 Å². The number of hydrogen-bond donors (Lipinski definition) is 0. The number of carbonyl (C=O) groups is 2. The molecule has 0 fully saturated rings. The van der Waals surface area contributed by atoms with E-state index in [0.29, 0.717) is 42.3 Å². The van der Waals surface area contributed by atoms with Gasteiger partial charge in [0.15, 0.2) is 5.78 Å². The molecule has 0 spiro atoms. The molecule has 0 aliphatic carbocycles. The molecular weight excluding hydrogens is 564 g/mol. The molecule has 0 aliphatic rings. The number of allylic oxidation sites excluding steroid dienone is 2. The second-order valence-electron chi connectivity index (χ2n) is 10.7. The highest BCUT2D eigenvalue weighted by Crippen LogP contribution is 2.32. The van der Waals surface area contributed by atoms with E-state index in [1.807, 2.05) is 84.9 Å². The van der Waals surface area contributed by atoms with Crippen LogP contribution in [0.2, 0.25) is 0 Å². The van der Waals surface area contributed by atoms with Crippen LogP contribution in [0.3, 0.4) is 0 Å². The zero-order valence-electron chi connectivity index (χ0n) is 26.2. The fourth-order valence-corrected chi connectivity index (χ4v) is 4.85. The van der Waals surface area contributed by atoms with E-state index >= 15 is 0 Å². The second kappa shape index (κ2) is 18.2. The Balaban J connectivity index is 1.54. The zero-order chi connectivity index (χ0) is 31.7. The number of ether oxygens (including phenoxy) is 4. The standard InChI is InChI=1S/C39H42O6/c1-3-34(43-27-30-16-8-5-9-17-30)22-14-15-23-36(40)39-33(25-38(41)42-4-2)24-35(44-28-31-18-10-6-11-19-31)26-37(39)45-29-32-20-12-7-13-21-32/h5-13,15-21,23-24,26,34H,3-4,14,22,25,27-29H2,1-2H3/b23-15+/t34-/m0/s1. The van der Waals surface area contributed by atoms with Gasteiger partial charge in [0, 0.05) is 6.07 Å². The third-order valence-corrected chi connectivity index (χ3v) is 7.24. The van der Waals surface area contributed by atoms with Crippen LogP contribution in [0.5, 0.6) is 11.5 Å². The van der Waals surface area contributed by atoms with Gasteiger partial charge in [-0.15, -0.1) is 0 Å². The summed E-state index contributed by atoms with van der Waals surface area (Å²) >= 11 is 0. The lowest BCUT2D eigenvalue weighted by Gasteiger charge is -2.17.